The van der Waals surface area contributed by atoms with E-state index in [0.29, 0.717) is 0 Å². The van der Waals surface area contributed by atoms with Crippen LogP contribution >= 0.6 is 22.9 Å². The molecule has 0 saturated heterocycles. The Balaban J connectivity index is 2.45. The van der Waals surface area contributed by atoms with E-state index in [2.05, 4.69) is 35.8 Å². The van der Waals surface area contributed by atoms with Crippen molar-refractivity contribution >= 4 is 22.9 Å². The van der Waals surface area contributed by atoms with Crippen molar-refractivity contribution < 1.29 is 0 Å². The minimum absolute atomic E-state index is 0.235. The van der Waals surface area contributed by atoms with Gasteiger partial charge < -0.3 is 5.32 Å². The van der Waals surface area contributed by atoms with Gasteiger partial charge in [-0.3, -0.25) is 0 Å². The molecule has 0 aliphatic heterocycles. The van der Waals surface area contributed by atoms with Crippen molar-refractivity contribution in [3.8, 4) is 0 Å². The first kappa shape index (κ1) is 11.6. The Bertz CT molecular complexity index is 465. The van der Waals surface area contributed by atoms with Crippen molar-refractivity contribution in [3.63, 3.8) is 0 Å². The van der Waals surface area contributed by atoms with Gasteiger partial charge in [0.15, 0.2) is 0 Å². The molecule has 1 aromatic carbocycles. The van der Waals surface area contributed by atoms with Crippen molar-refractivity contribution in [1.82, 2.24) is 5.32 Å². The quantitative estimate of drug-likeness (QED) is 0.869. The van der Waals surface area contributed by atoms with E-state index < -0.39 is 0 Å². The summed E-state index contributed by atoms with van der Waals surface area (Å²) in [6.07, 6.45) is 0. The van der Waals surface area contributed by atoms with E-state index in [9.17, 15) is 0 Å². The number of rotatable bonds is 3. The fraction of sp³-hybridized carbons (Fsp3) is 0.231. The minimum atomic E-state index is 0.235. The zero-order chi connectivity index (χ0) is 11.5. The summed E-state index contributed by atoms with van der Waals surface area (Å²) in [5, 5.41) is 6.27. The van der Waals surface area contributed by atoms with Crippen molar-refractivity contribution in [2.24, 2.45) is 0 Å². The van der Waals surface area contributed by atoms with Crippen LogP contribution in [0.15, 0.2) is 35.7 Å². The highest BCUT2D eigenvalue weighted by molar-refractivity contribution is 7.10. The van der Waals surface area contributed by atoms with Crippen molar-refractivity contribution in [1.29, 1.82) is 0 Å². The van der Waals surface area contributed by atoms with E-state index in [1.165, 1.54) is 10.4 Å². The molecule has 1 unspecified atom stereocenters. The maximum atomic E-state index is 6.15. The predicted molar refractivity (Wildman–Crippen MR) is 71.4 cm³/mol. The van der Waals surface area contributed by atoms with Gasteiger partial charge >= 0.3 is 0 Å². The summed E-state index contributed by atoms with van der Waals surface area (Å²) in [6, 6.07) is 10.5. The third-order valence-corrected chi connectivity index (χ3v) is 4.08. The largest absolute Gasteiger partial charge is 0.309 e. The van der Waals surface area contributed by atoms with E-state index in [-0.39, 0.29) is 6.04 Å². The molecule has 0 radical (unpaired) electrons. The van der Waals surface area contributed by atoms with Crippen LogP contribution in [0.4, 0.5) is 0 Å². The summed E-state index contributed by atoms with van der Waals surface area (Å²) >= 11 is 7.91. The molecule has 16 heavy (non-hydrogen) atoms. The third kappa shape index (κ3) is 2.14. The lowest BCUT2D eigenvalue weighted by molar-refractivity contribution is 0.699. The molecule has 0 fully saturated rings. The van der Waals surface area contributed by atoms with Crippen LogP contribution < -0.4 is 5.32 Å². The lowest BCUT2D eigenvalue weighted by Crippen LogP contribution is -2.17. The lowest BCUT2D eigenvalue weighted by Gasteiger charge is -2.18. The summed E-state index contributed by atoms with van der Waals surface area (Å²) in [4.78, 5) is 1.31. The second-order valence-corrected chi connectivity index (χ2v) is 5.08. The molecule has 0 amide bonds. The Kier molecular flexibility index (Phi) is 3.64. The first-order chi connectivity index (χ1) is 7.74. The van der Waals surface area contributed by atoms with Gasteiger partial charge in [0.05, 0.1) is 6.04 Å². The molecule has 0 saturated carbocycles. The molecule has 84 valence electrons. The van der Waals surface area contributed by atoms with Gasteiger partial charge in [0.1, 0.15) is 0 Å². The standard InChI is InChI=1S/C13H14ClNS/c1-9-10(5-3-6-11(9)14)13(15-2)12-7-4-8-16-12/h3-8,13,15H,1-2H3. The summed E-state index contributed by atoms with van der Waals surface area (Å²) in [5.74, 6) is 0. The topological polar surface area (TPSA) is 12.0 Å². The lowest BCUT2D eigenvalue weighted by atomic mass is 10.0. The van der Waals surface area contributed by atoms with Gasteiger partial charge in [-0.15, -0.1) is 11.3 Å². The number of thiophene rings is 1. The highest BCUT2D eigenvalue weighted by Gasteiger charge is 2.15. The van der Waals surface area contributed by atoms with Crippen molar-refractivity contribution in [2.75, 3.05) is 7.05 Å². The van der Waals surface area contributed by atoms with Crippen LogP contribution in [-0.4, -0.2) is 7.05 Å². The zero-order valence-corrected chi connectivity index (χ0v) is 10.9. The van der Waals surface area contributed by atoms with Gasteiger partial charge in [0.2, 0.25) is 0 Å². The molecule has 1 heterocycles. The Morgan fingerprint density at radius 2 is 2.06 bits per heavy atom. The van der Waals surface area contributed by atoms with Crippen LogP contribution in [0.2, 0.25) is 5.02 Å². The predicted octanol–water partition coefficient (Wildman–Crippen LogP) is 4.02. The van der Waals surface area contributed by atoms with Crippen LogP contribution in [0.5, 0.6) is 0 Å². The maximum absolute atomic E-state index is 6.15. The highest BCUT2D eigenvalue weighted by atomic mass is 35.5. The molecule has 0 aliphatic carbocycles. The zero-order valence-electron chi connectivity index (χ0n) is 9.33. The fourth-order valence-electron chi connectivity index (χ4n) is 1.84. The van der Waals surface area contributed by atoms with E-state index in [4.69, 9.17) is 11.6 Å². The smallest absolute Gasteiger partial charge is 0.0671 e. The van der Waals surface area contributed by atoms with Crippen molar-refractivity contribution in [2.45, 2.75) is 13.0 Å². The average molecular weight is 252 g/mol. The van der Waals surface area contributed by atoms with Crippen molar-refractivity contribution in [3.05, 3.63) is 56.7 Å². The Morgan fingerprint density at radius 3 is 2.69 bits per heavy atom. The second kappa shape index (κ2) is 5.00. The van der Waals surface area contributed by atoms with Gasteiger partial charge in [-0.25, -0.2) is 0 Å². The average Bonchev–Trinajstić information content (AvgIpc) is 2.79. The molecule has 3 heteroatoms. The SMILES string of the molecule is CNC(c1cccs1)c1cccc(Cl)c1C. The number of hydrogen-bond acceptors (Lipinski definition) is 2. The summed E-state index contributed by atoms with van der Waals surface area (Å²) in [6.45, 7) is 2.07. The molecule has 2 rings (SSSR count). The normalized spacial score (nSPS) is 12.7. The molecule has 1 aromatic heterocycles. The van der Waals surface area contributed by atoms with Gasteiger partial charge in [0.25, 0.3) is 0 Å². The number of halogens is 1. The van der Waals surface area contributed by atoms with Crippen LogP contribution in [0.3, 0.4) is 0 Å². The number of benzene rings is 1. The maximum Gasteiger partial charge on any atom is 0.0671 e. The molecule has 0 spiro atoms. The first-order valence-corrected chi connectivity index (χ1v) is 6.45. The van der Waals surface area contributed by atoms with E-state index in [0.717, 1.165) is 10.6 Å². The van der Waals surface area contributed by atoms with E-state index >= 15 is 0 Å². The third-order valence-electron chi connectivity index (χ3n) is 2.74. The number of hydrogen-bond donors (Lipinski definition) is 1. The van der Waals surface area contributed by atoms with E-state index in [1.54, 1.807) is 11.3 Å². The molecular formula is C13H14ClNS. The molecule has 1 N–H and O–H groups in total. The summed E-state index contributed by atoms with van der Waals surface area (Å²) in [5.41, 5.74) is 2.40. The molecule has 1 nitrogen and oxygen atoms in total. The molecule has 0 aliphatic rings. The molecule has 0 bridgehead atoms. The monoisotopic (exact) mass is 251 g/mol. The van der Waals surface area contributed by atoms with Crippen LogP contribution in [0, 0.1) is 6.92 Å². The summed E-state index contributed by atoms with van der Waals surface area (Å²) < 4.78 is 0. The summed E-state index contributed by atoms with van der Waals surface area (Å²) in [7, 11) is 1.98. The van der Waals surface area contributed by atoms with Crippen LogP contribution in [0.1, 0.15) is 22.0 Å². The van der Waals surface area contributed by atoms with Gasteiger partial charge in [-0.05, 0) is 42.6 Å². The molecular weight excluding hydrogens is 238 g/mol. The highest BCUT2D eigenvalue weighted by Crippen LogP contribution is 2.30. The first-order valence-electron chi connectivity index (χ1n) is 5.19. The van der Waals surface area contributed by atoms with Gasteiger partial charge in [-0.2, -0.15) is 0 Å². The van der Waals surface area contributed by atoms with Gasteiger partial charge in [-0.1, -0.05) is 29.8 Å². The van der Waals surface area contributed by atoms with Crippen LogP contribution in [-0.2, 0) is 0 Å². The fourth-order valence-corrected chi connectivity index (χ4v) is 2.88. The van der Waals surface area contributed by atoms with Gasteiger partial charge in [0, 0.05) is 9.90 Å². The second-order valence-electron chi connectivity index (χ2n) is 3.69. The van der Waals surface area contributed by atoms with E-state index in [1.807, 2.05) is 19.2 Å². The Morgan fingerprint density at radius 1 is 1.25 bits per heavy atom. The minimum Gasteiger partial charge on any atom is -0.309 e. The Hall–Kier alpha value is -0.830. The van der Waals surface area contributed by atoms with Crippen LogP contribution in [0.25, 0.3) is 0 Å². The number of nitrogens with one attached hydrogen (secondary N) is 1. The molecule has 2 aromatic rings. The molecule has 1 atom stereocenters. The Labute approximate surface area is 105 Å².